The van der Waals surface area contributed by atoms with Crippen molar-refractivity contribution in [2.75, 3.05) is 31.3 Å². The molecule has 0 aliphatic heterocycles. The Bertz CT molecular complexity index is 3100. The highest BCUT2D eigenvalue weighted by atomic mass is 32.1. The maximum atomic E-state index is 14.8. The number of hydrogen-bond donors (Lipinski definition) is 16. The standard InChI is InChI=1S/C56H73FN14O13S2/c1-31(72)46(55(82)66-44(30-86)54(81)68-47(32(2)73)56(83)84)67-49(76)38(19-11-12-21-58)62-52(79)41(25-35-26-59-37-18-10-9-17-36(35)37)64-51(78)40(24-34-15-7-4-8-16-34)63-53(80)43(29-85)65-50(77)39(23-33-13-5-3-6-14-33)61-45(74)27-60-48(75)42-28-71(22-20-57)70-69-42/h3-10,13-18,26,28,31-32,38-41,43-44,46-47,59,72-73,85-86H,11-12,19-25,27,29-30,58H2,1-2H3,(H,60,75)(H,61,74)(H,62,79)(H,63,80)(H,64,78)(H,65,77)(H,66,82)(H,67,76)(H,68,81)(H,83,84)/t31-,32-,38+,39-,40+,41-,43+,44+,46+,47+/m1/s1/i57-1. The molecule has 5 aromatic rings. The molecule has 0 aliphatic carbocycles. The third-order valence-corrected chi connectivity index (χ3v) is 14.1. The van der Waals surface area contributed by atoms with E-state index in [1.54, 1.807) is 91.1 Å². The van der Waals surface area contributed by atoms with Crippen molar-refractivity contribution in [3.63, 3.8) is 0 Å². The number of carbonyl (C=O) groups excluding carboxylic acids is 9. The van der Waals surface area contributed by atoms with Gasteiger partial charge in [-0.2, -0.15) is 25.3 Å². The Balaban J connectivity index is 1.39. The molecule has 0 bridgehead atoms. The molecule has 10 atom stereocenters. The number of rotatable bonds is 35. The molecule has 0 radical (unpaired) electrons. The van der Waals surface area contributed by atoms with E-state index in [-0.39, 0.29) is 62.4 Å². The minimum absolute atomic E-state index is 0.0708. The van der Waals surface area contributed by atoms with Gasteiger partial charge in [0.05, 0.1) is 31.5 Å². The zero-order chi connectivity index (χ0) is 62.9. The fraction of sp³-hybridized carbons (Fsp3) is 0.429. The van der Waals surface area contributed by atoms with Crippen molar-refractivity contribution < 1.29 is 67.7 Å². The van der Waals surface area contributed by atoms with E-state index in [4.69, 9.17) is 5.73 Å². The molecule has 30 heteroatoms. The number of amides is 9. The highest BCUT2D eigenvalue weighted by molar-refractivity contribution is 7.80. The average Bonchev–Trinajstić information content (AvgIpc) is 2.93. The number of aryl methyl sites for hydroxylation is 1. The first kappa shape index (κ1) is 68.3. The summed E-state index contributed by atoms with van der Waals surface area (Å²) in [5.74, 6) is -10.5. The highest BCUT2D eigenvalue weighted by Crippen LogP contribution is 2.20. The topological polar surface area (TPSA) is 412 Å². The number of H-pyrrole nitrogens is 1. The molecule has 86 heavy (non-hydrogen) atoms. The van der Waals surface area contributed by atoms with Crippen LogP contribution in [-0.2, 0) is 69.0 Å². The number of carboxylic acids is 1. The molecule has 0 aliphatic rings. The number of benzene rings is 3. The van der Waals surface area contributed by atoms with Crippen LogP contribution in [0.15, 0.2) is 97.3 Å². The van der Waals surface area contributed by atoms with E-state index in [2.05, 4.69) is 88.4 Å². The van der Waals surface area contributed by atoms with Crippen LogP contribution < -0.4 is 53.6 Å². The Morgan fingerprint density at radius 3 is 1.63 bits per heavy atom. The van der Waals surface area contributed by atoms with Crippen LogP contribution in [0.5, 0.6) is 0 Å². The Labute approximate surface area is 504 Å². The molecule has 0 spiro atoms. The fourth-order valence-corrected chi connectivity index (χ4v) is 9.26. The van der Waals surface area contributed by atoms with Crippen molar-refractivity contribution in [2.45, 2.75) is 119 Å². The van der Waals surface area contributed by atoms with Gasteiger partial charge in [0.1, 0.15) is 49.0 Å². The van der Waals surface area contributed by atoms with Gasteiger partial charge in [0.2, 0.25) is 47.3 Å². The number of halogens is 1. The number of aliphatic hydroxyl groups excluding tert-OH is 2. The summed E-state index contributed by atoms with van der Waals surface area (Å²) < 4.78 is 13.9. The maximum absolute atomic E-state index is 14.8. The predicted octanol–water partition coefficient (Wildman–Crippen LogP) is -2.10. The van der Waals surface area contributed by atoms with E-state index in [9.17, 15) is 67.7 Å². The number of fused-ring (bicyclic) bond motifs is 1. The van der Waals surface area contributed by atoms with Crippen LogP contribution in [0.3, 0.4) is 0 Å². The maximum Gasteiger partial charge on any atom is 0.328 e. The van der Waals surface area contributed by atoms with Crippen LogP contribution in [0, 0.1) is 0 Å². The number of thiol groups is 2. The van der Waals surface area contributed by atoms with Crippen molar-refractivity contribution in [3.8, 4) is 0 Å². The Morgan fingerprint density at radius 2 is 1.08 bits per heavy atom. The van der Waals surface area contributed by atoms with Gasteiger partial charge in [0.25, 0.3) is 5.91 Å². The summed E-state index contributed by atoms with van der Waals surface area (Å²) in [6.45, 7) is 0.991. The second kappa shape index (κ2) is 34.5. The monoisotopic (exact) mass is 1230 g/mol. The lowest BCUT2D eigenvalue weighted by molar-refractivity contribution is -0.145. The molecular formula is C56H73FN14O13S2. The molecule has 0 saturated carbocycles. The number of para-hydroxylation sites is 1. The Hall–Kier alpha value is -8.45. The third-order valence-electron chi connectivity index (χ3n) is 13.4. The lowest BCUT2D eigenvalue weighted by atomic mass is 10.0. The van der Waals surface area contributed by atoms with E-state index < -0.39 is 133 Å². The number of nitrogens with one attached hydrogen (secondary N) is 10. The van der Waals surface area contributed by atoms with Crippen molar-refractivity contribution in [1.29, 1.82) is 0 Å². The second-order valence-electron chi connectivity index (χ2n) is 20.0. The largest absolute Gasteiger partial charge is 0.480 e. The van der Waals surface area contributed by atoms with Crippen molar-refractivity contribution in [1.82, 2.24) is 67.8 Å². The number of alkyl halides is 1. The van der Waals surface area contributed by atoms with Gasteiger partial charge < -0.3 is 73.9 Å². The zero-order valence-corrected chi connectivity index (χ0v) is 48.9. The van der Waals surface area contributed by atoms with E-state index >= 15 is 0 Å². The molecule has 15 N–H and O–H groups in total. The number of aliphatic hydroxyl groups is 2. The quantitative estimate of drug-likeness (QED) is 0.0153. The first-order valence-corrected chi connectivity index (χ1v) is 28.7. The van der Waals surface area contributed by atoms with Gasteiger partial charge in [-0.25, -0.2) is 13.9 Å². The summed E-state index contributed by atoms with van der Waals surface area (Å²) in [6.07, 6.45) is -0.155. The van der Waals surface area contributed by atoms with Gasteiger partial charge in [-0.3, -0.25) is 43.2 Å². The summed E-state index contributed by atoms with van der Waals surface area (Å²) in [5.41, 5.74) is 8.04. The Morgan fingerprint density at radius 1 is 0.605 bits per heavy atom. The molecule has 464 valence electrons. The van der Waals surface area contributed by atoms with E-state index in [1.807, 2.05) is 0 Å². The van der Waals surface area contributed by atoms with Crippen LogP contribution in [0.4, 0.5) is 4.39 Å². The summed E-state index contributed by atoms with van der Waals surface area (Å²) in [5, 5.41) is 60.7. The molecule has 0 unspecified atom stereocenters. The SMILES string of the molecule is C[C@@H](O)[C@H](NC(=O)[C@H](CS)NC(=O)[C@@H](NC(=O)[C@H](CCCCN)NC(=O)[C@@H](Cc1c[nH]c2ccccc12)NC(=O)[C@H](Cc1ccccc1)NC(=O)[C@H](CS)NC(=O)[C@@H](Cc1ccccc1)NC(=O)CNC(=O)c1cn(CC[18F])nn1)[C@@H](C)O)C(=O)O. The van der Waals surface area contributed by atoms with Crippen LogP contribution in [-0.4, -0.2) is 186 Å². The van der Waals surface area contributed by atoms with Crippen LogP contribution in [0.25, 0.3) is 10.9 Å². The molecule has 9 amide bonds. The molecule has 0 saturated heterocycles. The molecule has 3 aromatic carbocycles. The van der Waals surface area contributed by atoms with Gasteiger partial charge in [-0.1, -0.05) is 84.1 Å². The second-order valence-corrected chi connectivity index (χ2v) is 20.8. The normalized spacial score (nSPS) is 14.7. The number of aliphatic carboxylic acids is 1. The average molecular weight is 1230 g/mol. The van der Waals surface area contributed by atoms with Crippen LogP contribution in [0.2, 0.25) is 0 Å². The van der Waals surface area contributed by atoms with Crippen molar-refractivity contribution >= 4 is 95.3 Å². The molecule has 0 fully saturated rings. The summed E-state index contributed by atoms with van der Waals surface area (Å²) in [7, 11) is 0. The molecule has 2 aromatic heterocycles. The zero-order valence-electron chi connectivity index (χ0n) is 47.1. The first-order chi connectivity index (χ1) is 41.2. The minimum atomic E-state index is -1.77. The molecule has 2 heterocycles. The number of aromatic amines is 1. The van der Waals surface area contributed by atoms with Gasteiger partial charge in [0.15, 0.2) is 11.7 Å². The number of aromatic nitrogens is 4. The number of carbonyl (C=O) groups is 10. The van der Waals surface area contributed by atoms with Gasteiger partial charge in [0, 0.05) is 47.9 Å². The lowest BCUT2D eigenvalue weighted by Gasteiger charge is -2.28. The molecular weight excluding hydrogens is 1160 g/mol. The van der Waals surface area contributed by atoms with E-state index in [0.717, 1.165) is 11.6 Å². The van der Waals surface area contributed by atoms with E-state index in [1.165, 1.54) is 13.1 Å². The molecule has 5 rings (SSSR count). The summed E-state index contributed by atoms with van der Waals surface area (Å²) in [6, 6.07) is 12.1. The predicted molar refractivity (Wildman–Crippen MR) is 318 cm³/mol. The Kier molecular flexibility index (Phi) is 27.4. The summed E-state index contributed by atoms with van der Waals surface area (Å²) >= 11 is 8.45. The fourth-order valence-electron chi connectivity index (χ4n) is 8.74. The van der Waals surface area contributed by atoms with Crippen molar-refractivity contribution in [3.05, 3.63) is 120 Å². The van der Waals surface area contributed by atoms with Gasteiger partial charge >= 0.3 is 5.97 Å². The summed E-state index contributed by atoms with van der Waals surface area (Å²) in [4.78, 5) is 140. The lowest BCUT2D eigenvalue weighted by Crippen LogP contribution is -2.62. The first-order valence-electron chi connectivity index (χ1n) is 27.5. The third kappa shape index (κ3) is 21.0. The smallest absolute Gasteiger partial charge is 0.328 e. The number of unbranched alkanes of at least 4 members (excludes halogenated alkanes) is 1. The van der Waals surface area contributed by atoms with Gasteiger partial charge in [-0.15, -0.1) is 5.10 Å². The molecule has 27 nitrogen and oxygen atoms in total. The van der Waals surface area contributed by atoms with Gasteiger partial charge in [-0.05, 0) is 62.4 Å². The number of carboxylic acid groups (broad SMARTS) is 1. The number of nitrogens with two attached hydrogens (primary N) is 1. The highest BCUT2D eigenvalue weighted by Gasteiger charge is 2.37. The minimum Gasteiger partial charge on any atom is -0.480 e. The van der Waals surface area contributed by atoms with Crippen LogP contribution >= 0.6 is 25.3 Å². The van der Waals surface area contributed by atoms with Crippen LogP contribution in [0.1, 0.15) is 60.3 Å². The number of hydrogen-bond acceptors (Lipinski definition) is 17. The van der Waals surface area contributed by atoms with E-state index in [0.29, 0.717) is 34.0 Å². The van der Waals surface area contributed by atoms with Crippen molar-refractivity contribution in [2.24, 2.45) is 5.73 Å². The number of nitrogens with zero attached hydrogens (tertiary/aromatic N) is 3.